The van der Waals surface area contributed by atoms with Crippen molar-refractivity contribution in [2.24, 2.45) is 21.5 Å². The van der Waals surface area contributed by atoms with Crippen molar-refractivity contribution in [2.75, 3.05) is 11.5 Å². The third-order valence-electron chi connectivity index (χ3n) is 3.36. The van der Waals surface area contributed by atoms with Gasteiger partial charge in [-0.1, -0.05) is 23.7 Å². The Balaban J connectivity index is 1.95. The van der Waals surface area contributed by atoms with Gasteiger partial charge < -0.3 is 22.9 Å². The van der Waals surface area contributed by atoms with Crippen LogP contribution >= 0.6 is 11.6 Å². The number of carbonyl (C=O) groups excluding carboxylic acids is 1. The maximum Gasteiger partial charge on any atom is 0.416 e. The van der Waals surface area contributed by atoms with Gasteiger partial charge in [-0.2, -0.15) is 18.2 Å². The number of amides is 1. The zero-order valence-electron chi connectivity index (χ0n) is 15.0. The van der Waals surface area contributed by atoms with E-state index in [-0.39, 0.29) is 40.9 Å². The number of halogens is 4. The van der Waals surface area contributed by atoms with Crippen LogP contribution in [0, 0.1) is 0 Å². The SMILES string of the molecule is NC(=NCc1ccc(C(F)(F)F)cc1)/N=C(\N)NNC(=O)c1nc(Cl)c(N)nc1N. The van der Waals surface area contributed by atoms with Crippen LogP contribution in [-0.2, 0) is 12.7 Å². The number of nitrogens with two attached hydrogens (primary N) is 4. The molecule has 0 atom stereocenters. The molecule has 0 radical (unpaired) electrons. The number of rotatable bonds is 3. The molecule has 15 heteroatoms. The number of hydrogen-bond acceptors (Lipinski definition) is 6. The number of alkyl halides is 3. The minimum atomic E-state index is -4.43. The van der Waals surface area contributed by atoms with E-state index in [0.29, 0.717) is 5.56 Å². The van der Waals surface area contributed by atoms with Gasteiger partial charge in [0.05, 0.1) is 12.1 Å². The molecule has 0 aliphatic heterocycles. The zero-order chi connectivity index (χ0) is 22.5. The van der Waals surface area contributed by atoms with Crippen molar-refractivity contribution in [3.05, 3.63) is 46.2 Å². The summed E-state index contributed by atoms with van der Waals surface area (Å²) >= 11 is 5.69. The summed E-state index contributed by atoms with van der Waals surface area (Å²) in [6.45, 7) is -0.0385. The molecule has 30 heavy (non-hydrogen) atoms. The molecule has 1 aromatic carbocycles. The molecule has 11 nitrogen and oxygen atoms in total. The Morgan fingerprint density at radius 2 is 1.70 bits per heavy atom. The highest BCUT2D eigenvalue weighted by Gasteiger charge is 2.29. The van der Waals surface area contributed by atoms with Crippen molar-refractivity contribution in [1.82, 2.24) is 20.8 Å². The smallest absolute Gasteiger partial charge is 0.382 e. The summed E-state index contributed by atoms with van der Waals surface area (Å²) in [7, 11) is 0. The lowest BCUT2D eigenvalue weighted by molar-refractivity contribution is -0.137. The first kappa shape index (κ1) is 22.5. The minimum Gasteiger partial charge on any atom is -0.382 e. The van der Waals surface area contributed by atoms with Crippen molar-refractivity contribution < 1.29 is 18.0 Å². The molecular weight excluding hydrogens is 429 g/mol. The molecule has 0 unspecified atom stereocenters. The average molecular weight is 445 g/mol. The average Bonchev–Trinajstić information content (AvgIpc) is 2.67. The first-order valence-electron chi connectivity index (χ1n) is 7.92. The highest BCUT2D eigenvalue weighted by Crippen LogP contribution is 2.29. The van der Waals surface area contributed by atoms with Crippen molar-refractivity contribution in [2.45, 2.75) is 12.7 Å². The van der Waals surface area contributed by atoms with Crippen molar-refractivity contribution in [3.8, 4) is 0 Å². The Morgan fingerprint density at radius 1 is 1.07 bits per heavy atom. The molecule has 0 saturated carbocycles. The van der Waals surface area contributed by atoms with Gasteiger partial charge in [0, 0.05) is 0 Å². The van der Waals surface area contributed by atoms with Gasteiger partial charge in [-0.25, -0.2) is 15.0 Å². The fraction of sp³-hybridized carbons (Fsp3) is 0.133. The van der Waals surface area contributed by atoms with E-state index in [1.54, 1.807) is 0 Å². The van der Waals surface area contributed by atoms with Gasteiger partial charge >= 0.3 is 6.18 Å². The predicted molar refractivity (Wildman–Crippen MR) is 105 cm³/mol. The molecule has 0 aliphatic carbocycles. The number of anilines is 2. The Labute approximate surface area is 172 Å². The lowest BCUT2D eigenvalue weighted by Gasteiger charge is -2.09. The number of nitrogens with zero attached hydrogens (tertiary/aromatic N) is 4. The molecule has 2 rings (SSSR count). The zero-order valence-corrected chi connectivity index (χ0v) is 15.8. The Hall–Kier alpha value is -3.81. The van der Waals surface area contributed by atoms with Crippen LogP contribution in [0.3, 0.4) is 0 Å². The quantitative estimate of drug-likeness (QED) is 0.222. The van der Waals surface area contributed by atoms with Crippen LogP contribution < -0.4 is 33.8 Å². The van der Waals surface area contributed by atoms with Crippen LogP contribution in [0.15, 0.2) is 34.3 Å². The Kier molecular flexibility index (Phi) is 6.84. The maximum absolute atomic E-state index is 12.5. The highest BCUT2D eigenvalue weighted by molar-refractivity contribution is 6.31. The molecule has 10 N–H and O–H groups in total. The number of hydrazine groups is 1. The number of nitrogens with one attached hydrogen (secondary N) is 2. The van der Waals surface area contributed by atoms with Crippen LogP contribution in [0.1, 0.15) is 21.6 Å². The summed E-state index contributed by atoms with van der Waals surface area (Å²) in [5, 5.41) is -0.212. The molecule has 2 aromatic rings. The summed E-state index contributed by atoms with van der Waals surface area (Å²) in [6.07, 6.45) is -4.43. The van der Waals surface area contributed by atoms with E-state index >= 15 is 0 Å². The Morgan fingerprint density at radius 3 is 2.30 bits per heavy atom. The summed E-state index contributed by atoms with van der Waals surface area (Å²) in [5.74, 6) is -1.87. The molecule has 0 bridgehead atoms. The molecule has 1 heterocycles. The van der Waals surface area contributed by atoms with Gasteiger partial charge in [0.15, 0.2) is 22.5 Å². The van der Waals surface area contributed by atoms with Crippen LogP contribution in [0.4, 0.5) is 24.8 Å². The van der Waals surface area contributed by atoms with Crippen LogP contribution in [-0.4, -0.2) is 27.8 Å². The third kappa shape index (κ3) is 6.10. The minimum absolute atomic E-state index is 0.0385. The number of aliphatic imine (C=N–C) groups is 2. The fourth-order valence-corrected chi connectivity index (χ4v) is 2.07. The lowest BCUT2D eigenvalue weighted by atomic mass is 10.1. The summed E-state index contributed by atoms with van der Waals surface area (Å²) in [4.78, 5) is 26.9. The molecule has 0 fully saturated rings. The number of aromatic nitrogens is 2. The first-order chi connectivity index (χ1) is 14.0. The van der Waals surface area contributed by atoms with Gasteiger partial charge in [0.2, 0.25) is 11.9 Å². The monoisotopic (exact) mass is 444 g/mol. The summed E-state index contributed by atoms with van der Waals surface area (Å²) in [5.41, 5.74) is 25.9. The van der Waals surface area contributed by atoms with Crippen molar-refractivity contribution in [3.63, 3.8) is 0 Å². The standard InChI is InChI=1S/C15H16ClF3N10O/c16-9-11(21)26-10(20)8(25-9)12(30)28-29-14(23)27-13(22)24-5-6-1-3-7(4-2-6)15(17,18)19/h1-4H,5H2,(H,28,30)(H4,20,21,26)(H5,22,23,24,27,29). The molecule has 160 valence electrons. The van der Waals surface area contributed by atoms with E-state index in [2.05, 4.69) is 30.8 Å². The molecule has 1 aromatic heterocycles. The van der Waals surface area contributed by atoms with Crippen LogP contribution in [0.5, 0.6) is 0 Å². The van der Waals surface area contributed by atoms with E-state index in [9.17, 15) is 18.0 Å². The van der Waals surface area contributed by atoms with Crippen molar-refractivity contribution in [1.29, 1.82) is 0 Å². The number of benzene rings is 1. The molecular formula is C15H16ClF3N10O. The lowest BCUT2D eigenvalue weighted by Crippen LogP contribution is -2.46. The molecule has 0 aliphatic rings. The second-order valence-corrected chi connectivity index (χ2v) is 5.94. The number of guanidine groups is 2. The van der Waals surface area contributed by atoms with Crippen molar-refractivity contribution >= 4 is 41.1 Å². The maximum atomic E-state index is 12.5. The number of nitrogen functional groups attached to an aromatic ring is 2. The van der Waals surface area contributed by atoms with E-state index < -0.39 is 17.6 Å². The van der Waals surface area contributed by atoms with E-state index in [1.165, 1.54) is 12.1 Å². The summed E-state index contributed by atoms with van der Waals surface area (Å²) < 4.78 is 37.6. The topological polar surface area (TPSA) is 196 Å². The predicted octanol–water partition coefficient (Wildman–Crippen LogP) is 0.377. The fourth-order valence-electron chi connectivity index (χ4n) is 1.95. The van der Waals surface area contributed by atoms with Gasteiger partial charge in [0.25, 0.3) is 5.91 Å². The molecule has 1 amide bonds. The highest BCUT2D eigenvalue weighted by atomic mass is 35.5. The van der Waals surface area contributed by atoms with Crippen LogP contribution in [0.2, 0.25) is 5.15 Å². The largest absolute Gasteiger partial charge is 0.416 e. The van der Waals surface area contributed by atoms with Gasteiger partial charge in [-0.3, -0.25) is 15.6 Å². The third-order valence-corrected chi connectivity index (χ3v) is 3.64. The second kappa shape index (κ2) is 9.13. The number of carbonyl (C=O) groups is 1. The Bertz CT molecular complexity index is 991. The molecule has 0 spiro atoms. The van der Waals surface area contributed by atoms with Gasteiger partial charge in [-0.15, -0.1) is 0 Å². The molecule has 0 saturated heterocycles. The number of hydrogen-bond donors (Lipinski definition) is 6. The second-order valence-electron chi connectivity index (χ2n) is 5.58. The van der Waals surface area contributed by atoms with Gasteiger partial charge in [0.1, 0.15) is 0 Å². The van der Waals surface area contributed by atoms with Gasteiger partial charge in [-0.05, 0) is 17.7 Å². The van der Waals surface area contributed by atoms with E-state index in [4.69, 9.17) is 34.5 Å². The first-order valence-corrected chi connectivity index (χ1v) is 8.30. The van der Waals surface area contributed by atoms with E-state index in [0.717, 1.165) is 12.1 Å². The summed E-state index contributed by atoms with van der Waals surface area (Å²) in [6, 6.07) is 4.37. The van der Waals surface area contributed by atoms with E-state index in [1.807, 2.05) is 0 Å². The normalized spacial score (nSPS) is 12.5. The van der Waals surface area contributed by atoms with Crippen LogP contribution in [0.25, 0.3) is 0 Å².